The summed E-state index contributed by atoms with van der Waals surface area (Å²) in [5.41, 5.74) is 3.54. The van der Waals surface area contributed by atoms with Crippen molar-refractivity contribution in [3.63, 3.8) is 0 Å². The van der Waals surface area contributed by atoms with E-state index in [2.05, 4.69) is 39.4 Å². The van der Waals surface area contributed by atoms with Crippen LogP contribution in [0.1, 0.15) is 30.9 Å². The van der Waals surface area contributed by atoms with Crippen LogP contribution in [0.15, 0.2) is 36.4 Å². The first kappa shape index (κ1) is 20.4. The molecule has 1 aliphatic rings. The molecule has 3 N–H and O–H groups in total. The third kappa shape index (κ3) is 4.06. The van der Waals surface area contributed by atoms with Crippen molar-refractivity contribution < 1.29 is 14.9 Å². The molecule has 2 heterocycles. The Morgan fingerprint density at radius 2 is 1.80 bits per heavy atom. The van der Waals surface area contributed by atoms with Crippen molar-refractivity contribution in [2.24, 2.45) is 0 Å². The van der Waals surface area contributed by atoms with E-state index in [9.17, 15) is 10.2 Å². The Balaban J connectivity index is 1.64. The fourth-order valence-corrected chi connectivity index (χ4v) is 3.92. The maximum Gasteiger partial charge on any atom is 0.195 e. The Bertz CT molecular complexity index is 1080. The van der Waals surface area contributed by atoms with Crippen LogP contribution in [0.4, 0.5) is 5.69 Å². The van der Waals surface area contributed by atoms with Crippen molar-refractivity contribution in [3.05, 3.63) is 52.3 Å². The fraction of sp³-hybridized carbons (Fsp3) is 0.364. The van der Waals surface area contributed by atoms with Crippen molar-refractivity contribution >= 4 is 17.9 Å². The van der Waals surface area contributed by atoms with Crippen molar-refractivity contribution in [2.45, 2.75) is 26.3 Å². The molecule has 0 saturated carbocycles. The molecular formula is C22H26N4O3S. The number of nitrogens with one attached hydrogen (secondary N) is 1. The molecule has 1 aliphatic heterocycles. The normalized spacial score (nSPS) is 14.4. The van der Waals surface area contributed by atoms with Gasteiger partial charge in [-0.15, -0.1) is 0 Å². The molecule has 0 aliphatic carbocycles. The lowest BCUT2D eigenvalue weighted by Crippen LogP contribution is -2.36. The van der Waals surface area contributed by atoms with Crippen molar-refractivity contribution in [3.8, 4) is 22.9 Å². The Kier molecular flexibility index (Phi) is 5.78. The maximum atomic E-state index is 10.5. The van der Waals surface area contributed by atoms with E-state index in [0.717, 1.165) is 37.4 Å². The molecule has 4 rings (SSSR count). The molecule has 3 aromatic rings. The van der Waals surface area contributed by atoms with Crippen molar-refractivity contribution in [1.29, 1.82) is 0 Å². The second-order valence-electron chi connectivity index (χ2n) is 7.79. The van der Waals surface area contributed by atoms with Crippen LogP contribution in [0.3, 0.4) is 0 Å². The Labute approximate surface area is 180 Å². The Hall–Kier alpha value is -2.84. The number of phenolic OH excluding ortho intramolecular Hbond substituents is 2. The molecule has 0 amide bonds. The van der Waals surface area contributed by atoms with Gasteiger partial charge in [-0.3, -0.25) is 9.67 Å². The molecule has 7 nitrogen and oxygen atoms in total. The molecule has 0 unspecified atom stereocenters. The van der Waals surface area contributed by atoms with Crippen LogP contribution in [0, 0.1) is 4.77 Å². The third-order valence-electron chi connectivity index (χ3n) is 5.42. The van der Waals surface area contributed by atoms with Gasteiger partial charge in [-0.05, 0) is 47.5 Å². The highest BCUT2D eigenvalue weighted by molar-refractivity contribution is 7.71. The average Bonchev–Trinajstić information content (AvgIpc) is 3.09. The predicted molar refractivity (Wildman–Crippen MR) is 119 cm³/mol. The third-order valence-corrected chi connectivity index (χ3v) is 5.73. The van der Waals surface area contributed by atoms with Crippen LogP contribution in [0.2, 0.25) is 0 Å². The van der Waals surface area contributed by atoms with Crippen molar-refractivity contribution in [1.82, 2.24) is 14.8 Å². The minimum atomic E-state index is -0.0326. The van der Waals surface area contributed by atoms with E-state index in [1.807, 2.05) is 18.4 Å². The monoisotopic (exact) mass is 426 g/mol. The highest BCUT2D eigenvalue weighted by Crippen LogP contribution is 2.37. The number of hydrogen-bond acceptors (Lipinski definition) is 6. The number of rotatable bonds is 5. The van der Waals surface area contributed by atoms with Gasteiger partial charge in [-0.25, -0.2) is 0 Å². The molecule has 1 aromatic heterocycles. The number of aromatic amines is 1. The quantitative estimate of drug-likeness (QED) is 0.534. The van der Waals surface area contributed by atoms with E-state index in [0.29, 0.717) is 22.7 Å². The number of anilines is 1. The van der Waals surface area contributed by atoms with Crippen molar-refractivity contribution in [2.75, 3.05) is 31.2 Å². The smallest absolute Gasteiger partial charge is 0.195 e. The summed E-state index contributed by atoms with van der Waals surface area (Å²) in [5, 5.41) is 27.8. The topological polar surface area (TPSA) is 86.5 Å². The van der Waals surface area contributed by atoms with Crippen LogP contribution >= 0.6 is 12.2 Å². The molecule has 30 heavy (non-hydrogen) atoms. The summed E-state index contributed by atoms with van der Waals surface area (Å²) in [6.45, 7) is 7.80. The zero-order valence-corrected chi connectivity index (χ0v) is 17.9. The number of nitrogens with zero attached hydrogens (tertiary/aromatic N) is 3. The second kappa shape index (κ2) is 8.49. The van der Waals surface area contributed by atoms with E-state index < -0.39 is 0 Å². The minimum absolute atomic E-state index is 0.0326. The number of H-pyrrole nitrogens is 1. The van der Waals surface area contributed by atoms with E-state index in [1.54, 1.807) is 6.07 Å². The molecule has 1 fully saturated rings. The molecule has 0 bridgehead atoms. The van der Waals surface area contributed by atoms with Gasteiger partial charge < -0.3 is 19.8 Å². The summed E-state index contributed by atoms with van der Waals surface area (Å²) in [4.78, 5) is 2.31. The Morgan fingerprint density at radius 1 is 1.10 bits per heavy atom. The largest absolute Gasteiger partial charge is 0.508 e. The van der Waals surface area contributed by atoms with E-state index in [1.165, 1.54) is 11.8 Å². The van der Waals surface area contributed by atoms with Gasteiger partial charge in [0.1, 0.15) is 11.5 Å². The van der Waals surface area contributed by atoms with Gasteiger partial charge in [0.05, 0.1) is 25.3 Å². The number of hydrogen-bond donors (Lipinski definition) is 3. The highest BCUT2D eigenvalue weighted by Gasteiger charge is 2.18. The summed E-state index contributed by atoms with van der Waals surface area (Å²) >= 11 is 5.45. The number of aromatic nitrogens is 3. The van der Waals surface area contributed by atoms with Crippen LogP contribution in [0.25, 0.3) is 11.4 Å². The van der Waals surface area contributed by atoms with Gasteiger partial charge in [0, 0.05) is 24.8 Å². The summed E-state index contributed by atoms with van der Waals surface area (Å²) in [7, 11) is 0. The van der Waals surface area contributed by atoms with Crippen LogP contribution < -0.4 is 4.90 Å². The number of morpholine rings is 1. The van der Waals surface area contributed by atoms with Gasteiger partial charge in [0.2, 0.25) is 0 Å². The SMILES string of the molecule is CC(C)c1cc(-c2n[nH]c(=S)n2Cc2ccc(N3CCOCC3)cc2)c(O)cc1O. The standard InChI is InChI=1S/C22H26N4O3S/c1-14(2)17-11-18(20(28)12-19(17)27)21-23-24-22(30)26(21)13-15-3-5-16(6-4-15)25-7-9-29-10-8-25/h3-6,11-12,14,27-28H,7-10,13H2,1-2H3,(H,24,30). The van der Waals surface area contributed by atoms with E-state index >= 15 is 0 Å². The lowest BCUT2D eigenvalue weighted by atomic mass is 9.98. The second-order valence-corrected chi connectivity index (χ2v) is 8.17. The first-order chi connectivity index (χ1) is 14.4. The lowest BCUT2D eigenvalue weighted by Gasteiger charge is -2.28. The predicted octanol–water partition coefficient (Wildman–Crippen LogP) is 4.03. The maximum absolute atomic E-state index is 10.5. The molecule has 2 aromatic carbocycles. The van der Waals surface area contributed by atoms with Gasteiger partial charge in [-0.1, -0.05) is 26.0 Å². The molecule has 158 valence electrons. The first-order valence-corrected chi connectivity index (χ1v) is 10.5. The molecule has 8 heteroatoms. The van der Waals surface area contributed by atoms with Crippen LogP contribution in [-0.4, -0.2) is 51.3 Å². The summed E-state index contributed by atoms with van der Waals surface area (Å²) < 4.78 is 7.75. The first-order valence-electron chi connectivity index (χ1n) is 10.1. The average molecular weight is 427 g/mol. The van der Waals surface area contributed by atoms with Crippen LogP contribution in [-0.2, 0) is 11.3 Å². The van der Waals surface area contributed by atoms with E-state index in [-0.39, 0.29) is 17.4 Å². The number of aromatic hydroxyl groups is 2. The molecule has 1 saturated heterocycles. The van der Waals surface area contributed by atoms with Gasteiger partial charge in [0.15, 0.2) is 10.6 Å². The minimum Gasteiger partial charge on any atom is -0.508 e. The van der Waals surface area contributed by atoms with E-state index in [4.69, 9.17) is 17.0 Å². The highest BCUT2D eigenvalue weighted by atomic mass is 32.1. The van der Waals surface area contributed by atoms with Gasteiger partial charge in [-0.2, -0.15) is 5.10 Å². The van der Waals surface area contributed by atoms with Gasteiger partial charge in [0.25, 0.3) is 0 Å². The summed E-state index contributed by atoms with van der Waals surface area (Å²) in [5.74, 6) is 0.685. The molecule has 0 atom stereocenters. The fourth-order valence-electron chi connectivity index (χ4n) is 3.72. The zero-order valence-electron chi connectivity index (χ0n) is 17.1. The molecule has 0 spiro atoms. The van der Waals surface area contributed by atoms with Crippen LogP contribution in [0.5, 0.6) is 11.5 Å². The number of benzene rings is 2. The molecule has 0 radical (unpaired) electrons. The number of phenols is 2. The zero-order chi connectivity index (χ0) is 21.3. The lowest BCUT2D eigenvalue weighted by molar-refractivity contribution is 0.122. The number of ether oxygens (including phenoxy) is 1. The summed E-state index contributed by atoms with van der Waals surface area (Å²) in [6.07, 6.45) is 0. The van der Waals surface area contributed by atoms with Gasteiger partial charge >= 0.3 is 0 Å². The molecular weight excluding hydrogens is 400 g/mol. The Morgan fingerprint density at radius 3 is 2.47 bits per heavy atom. The summed E-state index contributed by atoms with van der Waals surface area (Å²) in [6, 6.07) is 11.5.